The van der Waals surface area contributed by atoms with Crippen LogP contribution in [0.2, 0.25) is 0 Å². The zero-order valence-corrected chi connectivity index (χ0v) is 14.6. The summed E-state index contributed by atoms with van der Waals surface area (Å²) in [5.74, 6) is 0.712. The standard InChI is InChI=1S/C20H19N5O/c1-12-9-17(20(26)24-13(12)2)16-10-18(25-19-15(16)5-8-22-19)23-11-14-3-6-21-7-4-14/h3-10H,11H2,1-2H3,(H,24,26)(H2,22,23,25). The number of hydrogen-bond acceptors (Lipinski definition) is 4. The molecule has 4 rings (SSSR count). The lowest BCUT2D eigenvalue weighted by atomic mass is 10.0. The molecule has 4 heterocycles. The molecule has 4 aromatic heterocycles. The Balaban J connectivity index is 1.78. The molecule has 0 bridgehead atoms. The average molecular weight is 345 g/mol. The molecule has 26 heavy (non-hydrogen) atoms. The summed E-state index contributed by atoms with van der Waals surface area (Å²) in [5.41, 5.74) is 5.20. The number of fused-ring (bicyclic) bond motifs is 1. The van der Waals surface area contributed by atoms with E-state index >= 15 is 0 Å². The monoisotopic (exact) mass is 345 g/mol. The van der Waals surface area contributed by atoms with Gasteiger partial charge in [-0.05, 0) is 55.3 Å². The van der Waals surface area contributed by atoms with E-state index < -0.39 is 0 Å². The second-order valence-corrected chi connectivity index (χ2v) is 6.32. The van der Waals surface area contributed by atoms with E-state index in [1.807, 2.05) is 50.4 Å². The first-order chi connectivity index (χ1) is 12.6. The van der Waals surface area contributed by atoms with Crippen molar-refractivity contribution in [2.45, 2.75) is 20.4 Å². The van der Waals surface area contributed by atoms with E-state index in [9.17, 15) is 4.79 Å². The Hall–Kier alpha value is -3.41. The molecule has 4 aromatic rings. The molecule has 0 saturated carbocycles. The highest BCUT2D eigenvalue weighted by Gasteiger charge is 2.13. The number of nitrogens with zero attached hydrogens (tertiary/aromatic N) is 2. The second-order valence-electron chi connectivity index (χ2n) is 6.32. The number of nitrogens with one attached hydrogen (secondary N) is 3. The number of H-pyrrole nitrogens is 2. The van der Waals surface area contributed by atoms with E-state index in [2.05, 4.69) is 25.3 Å². The molecule has 0 saturated heterocycles. The van der Waals surface area contributed by atoms with Gasteiger partial charge in [-0.1, -0.05) is 0 Å². The maximum absolute atomic E-state index is 12.5. The van der Waals surface area contributed by atoms with Crippen LogP contribution >= 0.6 is 0 Å². The quantitative estimate of drug-likeness (QED) is 0.528. The van der Waals surface area contributed by atoms with Crippen molar-refractivity contribution < 1.29 is 0 Å². The Morgan fingerprint density at radius 2 is 1.88 bits per heavy atom. The molecule has 0 fully saturated rings. The lowest BCUT2D eigenvalue weighted by Gasteiger charge is -2.10. The summed E-state index contributed by atoms with van der Waals surface area (Å²) < 4.78 is 0. The SMILES string of the molecule is Cc1cc(-c2cc(NCc3ccncc3)nc3[nH]ccc23)c(=O)[nH]c1C. The number of hydrogen-bond donors (Lipinski definition) is 3. The molecule has 0 atom stereocenters. The van der Waals surface area contributed by atoms with E-state index in [0.717, 1.165) is 33.4 Å². The minimum absolute atomic E-state index is 0.0955. The van der Waals surface area contributed by atoms with Crippen LogP contribution in [0.5, 0.6) is 0 Å². The van der Waals surface area contributed by atoms with E-state index in [-0.39, 0.29) is 5.56 Å². The zero-order chi connectivity index (χ0) is 18.1. The fourth-order valence-electron chi connectivity index (χ4n) is 2.97. The van der Waals surface area contributed by atoms with Gasteiger partial charge in [0.15, 0.2) is 0 Å². The van der Waals surface area contributed by atoms with Crippen molar-refractivity contribution in [1.29, 1.82) is 0 Å². The first-order valence-corrected chi connectivity index (χ1v) is 8.43. The van der Waals surface area contributed by atoms with E-state index in [1.54, 1.807) is 12.4 Å². The predicted octanol–water partition coefficient (Wildman–Crippen LogP) is 3.54. The average Bonchev–Trinajstić information content (AvgIpc) is 3.12. The Morgan fingerprint density at radius 3 is 2.69 bits per heavy atom. The molecule has 0 amide bonds. The maximum atomic E-state index is 12.5. The first kappa shape index (κ1) is 16.1. The van der Waals surface area contributed by atoms with Gasteiger partial charge < -0.3 is 15.3 Å². The van der Waals surface area contributed by atoms with Crippen LogP contribution in [0, 0.1) is 13.8 Å². The summed E-state index contributed by atoms with van der Waals surface area (Å²) in [5, 5.41) is 4.25. The third-order valence-electron chi connectivity index (χ3n) is 4.54. The number of aromatic nitrogens is 4. The fraction of sp³-hybridized carbons (Fsp3) is 0.150. The summed E-state index contributed by atoms with van der Waals surface area (Å²) in [7, 11) is 0. The second kappa shape index (κ2) is 6.48. The summed E-state index contributed by atoms with van der Waals surface area (Å²) in [6.45, 7) is 4.53. The van der Waals surface area contributed by atoms with Crippen molar-refractivity contribution in [2.24, 2.45) is 0 Å². The van der Waals surface area contributed by atoms with Crippen molar-refractivity contribution in [3.63, 3.8) is 0 Å². The van der Waals surface area contributed by atoms with E-state index in [4.69, 9.17) is 0 Å². The Morgan fingerprint density at radius 1 is 1.08 bits per heavy atom. The molecule has 6 heteroatoms. The van der Waals surface area contributed by atoms with Gasteiger partial charge in [0, 0.05) is 47.3 Å². The van der Waals surface area contributed by atoms with Crippen molar-refractivity contribution in [2.75, 3.05) is 5.32 Å². The van der Waals surface area contributed by atoms with Crippen LogP contribution in [-0.2, 0) is 6.54 Å². The lowest BCUT2D eigenvalue weighted by molar-refractivity contribution is 1.10. The van der Waals surface area contributed by atoms with Crippen molar-refractivity contribution >= 4 is 16.9 Å². The highest BCUT2D eigenvalue weighted by Crippen LogP contribution is 2.28. The first-order valence-electron chi connectivity index (χ1n) is 8.43. The summed E-state index contributed by atoms with van der Waals surface area (Å²) >= 11 is 0. The molecule has 0 aliphatic rings. The normalized spacial score (nSPS) is 11.0. The van der Waals surface area contributed by atoms with Gasteiger partial charge in [-0.3, -0.25) is 9.78 Å². The van der Waals surface area contributed by atoms with Gasteiger partial charge in [0.2, 0.25) is 0 Å². The lowest BCUT2D eigenvalue weighted by Crippen LogP contribution is -2.12. The molecule has 0 unspecified atom stereocenters. The largest absolute Gasteiger partial charge is 0.366 e. The fourth-order valence-corrected chi connectivity index (χ4v) is 2.97. The Kier molecular flexibility index (Phi) is 4.01. The third-order valence-corrected chi connectivity index (χ3v) is 4.54. The number of aryl methyl sites for hydroxylation is 2. The van der Waals surface area contributed by atoms with Crippen LogP contribution in [0.4, 0.5) is 5.82 Å². The Labute approximate surface area is 150 Å². The van der Waals surface area contributed by atoms with Crippen molar-refractivity contribution in [3.05, 3.63) is 76.1 Å². The molecule has 0 aliphatic heterocycles. The molecule has 3 N–H and O–H groups in total. The molecule has 0 aromatic carbocycles. The molecule has 0 aliphatic carbocycles. The molecular formula is C20H19N5O. The van der Waals surface area contributed by atoms with Gasteiger partial charge in [0.05, 0.1) is 0 Å². The van der Waals surface area contributed by atoms with Crippen LogP contribution in [0.1, 0.15) is 16.8 Å². The van der Waals surface area contributed by atoms with Gasteiger partial charge in [-0.25, -0.2) is 4.98 Å². The highest BCUT2D eigenvalue weighted by atomic mass is 16.1. The molecule has 6 nitrogen and oxygen atoms in total. The highest BCUT2D eigenvalue weighted by molar-refractivity contribution is 5.94. The molecule has 0 radical (unpaired) electrons. The number of aromatic amines is 2. The molecule has 0 spiro atoms. The van der Waals surface area contributed by atoms with Gasteiger partial charge in [-0.15, -0.1) is 0 Å². The molecule has 130 valence electrons. The number of anilines is 1. The van der Waals surface area contributed by atoms with E-state index in [0.29, 0.717) is 17.9 Å². The van der Waals surface area contributed by atoms with Crippen LogP contribution in [0.25, 0.3) is 22.2 Å². The topological polar surface area (TPSA) is 86.5 Å². The molecular weight excluding hydrogens is 326 g/mol. The maximum Gasteiger partial charge on any atom is 0.256 e. The number of pyridine rings is 3. The smallest absolute Gasteiger partial charge is 0.256 e. The zero-order valence-electron chi connectivity index (χ0n) is 14.6. The van der Waals surface area contributed by atoms with Crippen LogP contribution in [-0.4, -0.2) is 19.9 Å². The van der Waals surface area contributed by atoms with Crippen LogP contribution in [0.3, 0.4) is 0 Å². The summed E-state index contributed by atoms with van der Waals surface area (Å²) in [6, 6.07) is 9.71. The van der Waals surface area contributed by atoms with Gasteiger partial charge in [0.25, 0.3) is 5.56 Å². The van der Waals surface area contributed by atoms with Gasteiger partial charge >= 0.3 is 0 Å². The van der Waals surface area contributed by atoms with Crippen molar-refractivity contribution in [3.8, 4) is 11.1 Å². The summed E-state index contributed by atoms with van der Waals surface area (Å²) in [4.78, 5) is 27.2. The van der Waals surface area contributed by atoms with Gasteiger partial charge in [-0.2, -0.15) is 0 Å². The van der Waals surface area contributed by atoms with Crippen LogP contribution < -0.4 is 10.9 Å². The third kappa shape index (κ3) is 2.97. The Bertz CT molecular complexity index is 1130. The number of rotatable bonds is 4. The summed E-state index contributed by atoms with van der Waals surface area (Å²) in [6.07, 6.45) is 5.36. The van der Waals surface area contributed by atoms with Gasteiger partial charge in [0.1, 0.15) is 11.5 Å². The van der Waals surface area contributed by atoms with E-state index in [1.165, 1.54) is 0 Å². The van der Waals surface area contributed by atoms with Crippen LogP contribution in [0.15, 0.2) is 53.7 Å². The van der Waals surface area contributed by atoms with Crippen molar-refractivity contribution in [1.82, 2.24) is 19.9 Å². The predicted molar refractivity (Wildman–Crippen MR) is 103 cm³/mol. The minimum Gasteiger partial charge on any atom is -0.366 e. The minimum atomic E-state index is -0.0955.